The van der Waals surface area contributed by atoms with Crippen LogP contribution in [-0.2, 0) is 16.1 Å². The number of ether oxygens (including phenoxy) is 1. The number of amides is 1. The Labute approximate surface area is 172 Å². The maximum absolute atomic E-state index is 12.6. The number of carbonyl (C=O) groups is 2. The summed E-state index contributed by atoms with van der Waals surface area (Å²) in [5.74, 6) is -0.753. The van der Waals surface area contributed by atoms with Gasteiger partial charge in [0.2, 0.25) is 0 Å². The summed E-state index contributed by atoms with van der Waals surface area (Å²) in [6, 6.07) is 14.9. The first-order chi connectivity index (χ1) is 14.0. The van der Waals surface area contributed by atoms with Gasteiger partial charge >= 0.3 is 5.97 Å². The molecular formula is C20H20ClN5O3. The number of nitrogens with one attached hydrogen (secondary N) is 1. The Hall–Kier alpha value is -3.26. The maximum atomic E-state index is 12.6. The molecule has 1 atom stereocenters. The number of para-hydroxylation sites is 1. The first-order valence-electron chi connectivity index (χ1n) is 9.01. The number of esters is 1. The number of hydrogen-bond acceptors (Lipinski definition) is 6. The fourth-order valence-corrected chi connectivity index (χ4v) is 2.74. The monoisotopic (exact) mass is 413 g/mol. The Morgan fingerprint density at radius 1 is 1.10 bits per heavy atom. The van der Waals surface area contributed by atoms with Crippen molar-refractivity contribution in [2.75, 3.05) is 0 Å². The van der Waals surface area contributed by atoms with Crippen LogP contribution in [0.15, 0.2) is 54.6 Å². The maximum Gasteiger partial charge on any atom is 0.329 e. The lowest BCUT2D eigenvalue weighted by Crippen LogP contribution is -2.45. The van der Waals surface area contributed by atoms with Crippen molar-refractivity contribution in [1.82, 2.24) is 25.5 Å². The molecule has 29 heavy (non-hydrogen) atoms. The quantitative estimate of drug-likeness (QED) is 0.598. The molecule has 150 valence electrons. The van der Waals surface area contributed by atoms with Gasteiger partial charge in [0.1, 0.15) is 6.04 Å². The standard InChI is InChI=1S/C20H20ClN5O3/c1-13(2)18(22-19(27)14-8-10-15(21)11-9-14)20(28)29-12-17-23-24-25-26(17)16-6-4-3-5-7-16/h3-11,13,18H,12H2,1-2H3,(H,22,27)/t18-/m1/s1. The lowest BCUT2D eigenvalue weighted by atomic mass is 10.0. The Morgan fingerprint density at radius 3 is 2.45 bits per heavy atom. The van der Waals surface area contributed by atoms with E-state index in [9.17, 15) is 9.59 Å². The Morgan fingerprint density at radius 2 is 1.79 bits per heavy atom. The van der Waals surface area contributed by atoms with E-state index < -0.39 is 12.0 Å². The SMILES string of the molecule is CC(C)[C@@H](NC(=O)c1ccc(Cl)cc1)C(=O)OCc1nnnn1-c1ccccc1. The molecule has 0 saturated heterocycles. The van der Waals surface area contributed by atoms with E-state index in [0.717, 1.165) is 5.69 Å². The molecule has 0 radical (unpaired) electrons. The molecule has 1 aromatic heterocycles. The highest BCUT2D eigenvalue weighted by Crippen LogP contribution is 2.12. The van der Waals surface area contributed by atoms with Crippen LogP contribution in [0.5, 0.6) is 0 Å². The first kappa shape index (κ1) is 20.5. The van der Waals surface area contributed by atoms with Crippen molar-refractivity contribution in [2.45, 2.75) is 26.5 Å². The van der Waals surface area contributed by atoms with Gasteiger partial charge < -0.3 is 10.1 Å². The largest absolute Gasteiger partial charge is 0.456 e. The molecule has 8 nitrogen and oxygen atoms in total. The van der Waals surface area contributed by atoms with E-state index in [4.69, 9.17) is 16.3 Å². The van der Waals surface area contributed by atoms with Gasteiger partial charge in [-0.1, -0.05) is 43.6 Å². The van der Waals surface area contributed by atoms with Crippen molar-refractivity contribution in [1.29, 1.82) is 0 Å². The molecular weight excluding hydrogens is 394 g/mol. The third-order valence-electron chi connectivity index (χ3n) is 4.19. The topological polar surface area (TPSA) is 99.0 Å². The molecule has 0 spiro atoms. The number of benzene rings is 2. The molecule has 1 N–H and O–H groups in total. The van der Waals surface area contributed by atoms with Crippen molar-refractivity contribution in [3.05, 3.63) is 71.0 Å². The number of rotatable bonds is 7. The fraction of sp³-hybridized carbons (Fsp3) is 0.250. The van der Waals surface area contributed by atoms with Crippen LogP contribution in [0, 0.1) is 5.92 Å². The lowest BCUT2D eigenvalue weighted by Gasteiger charge is -2.20. The van der Waals surface area contributed by atoms with Gasteiger partial charge in [0.25, 0.3) is 5.91 Å². The third kappa shape index (κ3) is 5.17. The van der Waals surface area contributed by atoms with E-state index >= 15 is 0 Å². The number of hydrogen-bond donors (Lipinski definition) is 1. The van der Waals surface area contributed by atoms with Crippen LogP contribution < -0.4 is 5.32 Å². The molecule has 0 fully saturated rings. The normalized spacial score (nSPS) is 11.9. The number of carbonyl (C=O) groups excluding carboxylic acids is 2. The van der Waals surface area contributed by atoms with Crippen LogP contribution >= 0.6 is 11.6 Å². The molecule has 1 heterocycles. The molecule has 2 aromatic carbocycles. The second-order valence-corrected chi connectivity index (χ2v) is 7.09. The summed E-state index contributed by atoms with van der Waals surface area (Å²) < 4.78 is 6.88. The zero-order valence-electron chi connectivity index (χ0n) is 15.9. The molecule has 3 rings (SSSR count). The predicted molar refractivity (Wildman–Crippen MR) is 106 cm³/mol. The van der Waals surface area contributed by atoms with Gasteiger partial charge in [0, 0.05) is 10.6 Å². The second-order valence-electron chi connectivity index (χ2n) is 6.65. The number of nitrogens with zero attached hydrogens (tertiary/aromatic N) is 4. The Bertz CT molecular complexity index is 973. The summed E-state index contributed by atoms with van der Waals surface area (Å²) in [6.45, 7) is 3.52. The van der Waals surface area contributed by atoms with Crippen molar-refractivity contribution in [3.63, 3.8) is 0 Å². The third-order valence-corrected chi connectivity index (χ3v) is 4.44. The van der Waals surface area contributed by atoms with Crippen LogP contribution in [0.4, 0.5) is 0 Å². The van der Waals surface area contributed by atoms with Crippen LogP contribution in [-0.4, -0.2) is 38.1 Å². The molecule has 0 unspecified atom stereocenters. The summed E-state index contributed by atoms with van der Waals surface area (Å²) in [6.07, 6.45) is 0. The predicted octanol–water partition coefficient (Wildman–Crippen LogP) is 2.81. The number of aromatic nitrogens is 4. The van der Waals surface area contributed by atoms with Crippen molar-refractivity contribution >= 4 is 23.5 Å². The van der Waals surface area contributed by atoms with E-state index in [-0.39, 0.29) is 18.4 Å². The van der Waals surface area contributed by atoms with Gasteiger partial charge in [-0.15, -0.1) is 5.10 Å². The molecule has 0 aliphatic rings. The zero-order valence-corrected chi connectivity index (χ0v) is 16.7. The van der Waals surface area contributed by atoms with Crippen molar-refractivity contribution < 1.29 is 14.3 Å². The summed E-state index contributed by atoms with van der Waals surface area (Å²) in [4.78, 5) is 25.1. The van der Waals surface area contributed by atoms with Gasteiger partial charge in [-0.3, -0.25) is 4.79 Å². The molecule has 0 saturated carbocycles. The van der Waals surface area contributed by atoms with Gasteiger partial charge in [-0.25, -0.2) is 4.79 Å². The molecule has 0 bridgehead atoms. The van der Waals surface area contributed by atoms with Crippen LogP contribution in [0.25, 0.3) is 5.69 Å². The fourth-order valence-electron chi connectivity index (χ4n) is 2.61. The molecule has 0 aliphatic heterocycles. The minimum Gasteiger partial charge on any atom is -0.456 e. The van der Waals surface area contributed by atoms with Crippen LogP contribution in [0.2, 0.25) is 5.02 Å². The first-order valence-corrected chi connectivity index (χ1v) is 9.39. The van der Waals surface area contributed by atoms with Crippen LogP contribution in [0.3, 0.4) is 0 Å². The molecule has 0 aliphatic carbocycles. The average Bonchev–Trinajstić information content (AvgIpc) is 3.19. The van der Waals surface area contributed by atoms with Gasteiger partial charge in [0.05, 0.1) is 5.69 Å². The minimum absolute atomic E-state index is 0.124. The zero-order chi connectivity index (χ0) is 20.8. The summed E-state index contributed by atoms with van der Waals surface area (Å²) in [5, 5.41) is 14.7. The van der Waals surface area contributed by atoms with E-state index in [1.807, 2.05) is 44.2 Å². The van der Waals surface area contributed by atoms with E-state index in [0.29, 0.717) is 16.4 Å². The van der Waals surface area contributed by atoms with Crippen molar-refractivity contribution in [2.24, 2.45) is 5.92 Å². The van der Waals surface area contributed by atoms with Gasteiger partial charge in [-0.2, -0.15) is 4.68 Å². The van der Waals surface area contributed by atoms with Crippen LogP contribution in [0.1, 0.15) is 30.0 Å². The Balaban J connectivity index is 1.66. The van der Waals surface area contributed by atoms with Gasteiger partial charge in [0.15, 0.2) is 12.4 Å². The van der Waals surface area contributed by atoms with E-state index in [2.05, 4.69) is 20.8 Å². The second kappa shape index (κ2) is 9.29. The minimum atomic E-state index is -0.820. The number of tetrazole rings is 1. The van der Waals surface area contributed by atoms with Gasteiger partial charge in [-0.05, 0) is 52.7 Å². The lowest BCUT2D eigenvalue weighted by molar-refractivity contribution is -0.148. The Kier molecular flexibility index (Phi) is 6.56. The van der Waals surface area contributed by atoms with E-state index in [1.165, 1.54) is 4.68 Å². The number of halogens is 1. The summed E-state index contributed by atoms with van der Waals surface area (Å²) in [5.41, 5.74) is 1.15. The highest BCUT2D eigenvalue weighted by molar-refractivity contribution is 6.30. The average molecular weight is 414 g/mol. The van der Waals surface area contributed by atoms with E-state index in [1.54, 1.807) is 24.3 Å². The molecule has 3 aromatic rings. The van der Waals surface area contributed by atoms with Crippen molar-refractivity contribution in [3.8, 4) is 5.69 Å². The summed E-state index contributed by atoms with van der Waals surface area (Å²) in [7, 11) is 0. The smallest absolute Gasteiger partial charge is 0.329 e. The highest BCUT2D eigenvalue weighted by Gasteiger charge is 2.27. The molecule has 9 heteroatoms. The molecule has 1 amide bonds. The highest BCUT2D eigenvalue weighted by atomic mass is 35.5. The summed E-state index contributed by atoms with van der Waals surface area (Å²) >= 11 is 5.85.